The second kappa shape index (κ2) is 12.0. The standard InChI is InChI=1S/C23H31N3O5S/c1-2-31-20-8-10-21(11-9-20)32(28,29)25-22(18-19-6-4-3-5-7-19)23(27)24-12-13-26-14-16-30-17-15-26/h3-11,22,25H,2,12-18H2,1H3,(H,24,27). The molecule has 0 saturated carbocycles. The highest BCUT2D eigenvalue weighted by Gasteiger charge is 2.26. The molecule has 2 aromatic carbocycles. The summed E-state index contributed by atoms with van der Waals surface area (Å²) in [5.74, 6) is 0.241. The molecule has 0 aromatic heterocycles. The van der Waals surface area contributed by atoms with E-state index in [1.165, 1.54) is 12.1 Å². The predicted octanol–water partition coefficient (Wildman–Crippen LogP) is 1.42. The van der Waals surface area contributed by atoms with E-state index in [4.69, 9.17) is 9.47 Å². The van der Waals surface area contributed by atoms with Gasteiger partial charge in [-0.05, 0) is 43.2 Å². The molecule has 1 aliphatic heterocycles. The molecule has 1 amide bonds. The van der Waals surface area contributed by atoms with E-state index >= 15 is 0 Å². The van der Waals surface area contributed by atoms with Crippen molar-refractivity contribution < 1.29 is 22.7 Å². The van der Waals surface area contributed by atoms with E-state index < -0.39 is 16.1 Å². The normalized spacial score (nSPS) is 15.8. The summed E-state index contributed by atoms with van der Waals surface area (Å²) in [6, 6.07) is 14.6. The molecule has 0 radical (unpaired) electrons. The summed E-state index contributed by atoms with van der Waals surface area (Å²) in [6.45, 7) is 6.51. The zero-order chi connectivity index (χ0) is 22.8. The first-order valence-corrected chi connectivity index (χ1v) is 12.3. The number of carbonyl (C=O) groups is 1. The predicted molar refractivity (Wildman–Crippen MR) is 122 cm³/mol. The van der Waals surface area contributed by atoms with Crippen LogP contribution in [0, 0.1) is 0 Å². The summed E-state index contributed by atoms with van der Waals surface area (Å²) in [5.41, 5.74) is 0.871. The van der Waals surface area contributed by atoms with Crippen molar-refractivity contribution in [1.82, 2.24) is 14.9 Å². The van der Waals surface area contributed by atoms with Crippen LogP contribution in [0.4, 0.5) is 0 Å². The van der Waals surface area contributed by atoms with E-state index in [2.05, 4.69) is 14.9 Å². The van der Waals surface area contributed by atoms with Gasteiger partial charge in [0, 0.05) is 26.2 Å². The lowest BCUT2D eigenvalue weighted by molar-refractivity contribution is -0.122. The van der Waals surface area contributed by atoms with Gasteiger partial charge in [0.1, 0.15) is 11.8 Å². The van der Waals surface area contributed by atoms with Gasteiger partial charge in [-0.2, -0.15) is 4.72 Å². The maximum absolute atomic E-state index is 13.0. The zero-order valence-corrected chi connectivity index (χ0v) is 19.1. The second-order valence-corrected chi connectivity index (χ2v) is 9.23. The van der Waals surface area contributed by atoms with E-state index in [9.17, 15) is 13.2 Å². The molecule has 32 heavy (non-hydrogen) atoms. The number of hydrogen-bond donors (Lipinski definition) is 2. The van der Waals surface area contributed by atoms with Gasteiger partial charge in [-0.3, -0.25) is 9.69 Å². The Bertz CT molecular complexity index is 945. The van der Waals surface area contributed by atoms with Crippen LogP contribution in [0.3, 0.4) is 0 Å². The van der Waals surface area contributed by atoms with Crippen molar-refractivity contribution in [2.45, 2.75) is 24.3 Å². The third-order valence-corrected chi connectivity index (χ3v) is 6.66. The quantitative estimate of drug-likeness (QED) is 0.525. The lowest BCUT2D eigenvalue weighted by Gasteiger charge is -2.27. The smallest absolute Gasteiger partial charge is 0.241 e. The third-order valence-electron chi connectivity index (χ3n) is 5.17. The Kier molecular flexibility index (Phi) is 9.04. The monoisotopic (exact) mass is 461 g/mol. The van der Waals surface area contributed by atoms with Gasteiger partial charge in [0.05, 0.1) is 24.7 Å². The highest BCUT2D eigenvalue weighted by atomic mass is 32.2. The van der Waals surface area contributed by atoms with E-state index in [0.29, 0.717) is 38.7 Å². The van der Waals surface area contributed by atoms with Crippen molar-refractivity contribution in [3.63, 3.8) is 0 Å². The molecule has 1 saturated heterocycles. The zero-order valence-electron chi connectivity index (χ0n) is 18.3. The van der Waals surface area contributed by atoms with Gasteiger partial charge in [0.25, 0.3) is 0 Å². The van der Waals surface area contributed by atoms with Gasteiger partial charge >= 0.3 is 0 Å². The van der Waals surface area contributed by atoms with Crippen LogP contribution in [-0.4, -0.2) is 71.3 Å². The van der Waals surface area contributed by atoms with Crippen LogP contribution in [0.5, 0.6) is 5.75 Å². The lowest BCUT2D eigenvalue weighted by atomic mass is 10.1. The van der Waals surface area contributed by atoms with E-state index in [0.717, 1.165) is 18.7 Å². The Morgan fingerprint density at radius 3 is 2.44 bits per heavy atom. The highest BCUT2D eigenvalue weighted by Crippen LogP contribution is 2.17. The Morgan fingerprint density at radius 1 is 1.09 bits per heavy atom. The number of hydrogen-bond acceptors (Lipinski definition) is 6. The molecule has 9 heteroatoms. The molecule has 1 aliphatic rings. The number of rotatable bonds is 11. The minimum Gasteiger partial charge on any atom is -0.494 e. The largest absolute Gasteiger partial charge is 0.494 e. The molecular weight excluding hydrogens is 430 g/mol. The van der Waals surface area contributed by atoms with Gasteiger partial charge in [-0.25, -0.2) is 8.42 Å². The van der Waals surface area contributed by atoms with Crippen molar-refractivity contribution in [3.8, 4) is 5.75 Å². The molecule has 8 nitrogen and oxygen atoms in total. The number of ether oxygens (including phenoxy) is 2. The van der Waals surface area contributed by atoms with Gasteiger partial charge < -0.3 is 14.8 Å². The van der Waals surface area contributed by atoms with Gasteiger partial charge in [0.2, 0.25) is 15.9 Å². The molecule has 1 atom stereocenters. The molecule has 0 aliphatic carbocycles. The van der Waals surface area contributed by atoms with Gasteiger partial charge in [-0.1, -0.05) is 30.3 Å². The number of nitrogens with one attached hydrogen (secondary N) is 2. The van der Waals surface area contributed by atoms with Crippen LogP contribution in [-0.2, 0) is 26.0 Å². The van der Waals surface area contributed by atoms with Crippen molar-refractivity contribution >= 4 is 15.9 Å². The summed E-state index contributed by atoms with van der Waals surface area (Å²) in [6.07, 6.45) is 0.250. The van der Waals surface area contributed by atoms with Crippen molar-refractivity contribution in [3.05, 3.63) is 60.2 Å². The fourth-order valence-electron chi connectivity index (χ4n) is 3.46. The molecule has 174 valence electrons. The SMILES string of the molecule is CCOc1ccc(S(=O)(=O)NC(Cc2ccccc2)C(=O)NCCN2CCOCC2)cc1. The van der Waals surface area contributed by atoms with Crippen LogP contribution in [0.15, 0.2) is 59.5 Å². The van der Waals surface area contributed by atoms with E-state index in [1.54, 1.807) is 12.1 Å². The first-order valence-electron chi connectivity index (χ1n) is 10.8. The fraction of sp³-hybridized carbons (Fsp3) is 0.435. The van der Waals surface area contributed by atoms with Gasteiger partial charge in [-0.15, -0.1) is 0 Å². The first kappa shape index (κ1) is 24.2. The lowest BCUT2D eigenvalue weighted by Crippen LogP contribution is -2.49. The Balaban J connectivity index is 1.67. The Morgan fingerprint density at radius 2 is 1.78 bits per heavy atom. The molecular formula is C23H31N3O5S. The van der Waals surface area contributed by atoms with Crippen LogP contribution in [0.1, 0.15) is 12.5 Å². The number of sulfonamides is 1. The molecule has 1 unspecified atom stereocenters. The Hall–Kier alpha value is -2.46. The summed E-state index contributed by atoms with van der Waals surface area (Å²) >= 11 is 0. The number of amides is 1. The average Bonchev–Trinajstić information content (AvgIpc) is 2.80. The summed E-state index contributed by atoms with van der Waals surface area (Å²) in [4.78, 5) is 15.2. The minimum absolute atomic E-state index is 0.0835. The van der Waals surface area contributed by atoms with Crippen molar-refractivity contribution in [2.75, 3.05) is 46.0 Å². The average molecular weight is 462 g/mol. The van der Waals surface area contributed by atoms with E-state index in [1.807, 2.05) is 37.3 Å². The number of morpholine rings is 1. The molecule has 3 rings (SSSR count). The second-order valence-electron chi connectivity index (χ2n) is 7.51. The Labute approximate surface area is 190 Å². The molecule has 0 bridgehead atoms. The molecule has 2 N–H and O–H groups in total. The summed E-state index contributed by atoms with van der Waals surface area (Å²) < 4.78 is 39.2. The highest BCUT2D eigenvalue weighted by molar-refractivity contribution is 7.89. The van der Waals surface area contributed by atoms with E-state index in [-0.39, 0.29) is 17.2 Å². The minimum atomic E-state index is -3.90. The summed E-state index contributed by atoms with van der Waals surface area (Å²) in [5, 5.41) is 2.88. The van der Waals surface area contributed by atoms with Gasteiger partial charge in [0.15, 0.2) is 0 Å². The topological polar surface area (TPSA) is 97.0 Å². The van der Waals surface area contributed by atoms with Crippen LogP contribution in [0.25, 0.3) is 0 Å². The van der Waals surface area contributed by atoms with Crippen molar-refractivity contribution in [1.29, 1.82) is 0 Å². The first-order chi connectivity index (χ1) is 15.5. The molecule has 2 aromatic rings. The number of carbonyl (C=O) groups excluding carboxylic acids is 1. The van der Waals surface area contributed by atoms with Crippen molar-refractivity contribution in [2.24, 2.45) is 0 Å². The maximum atomic E-state index is 13.0. The molecule has 1 fully saturated rings. The fourth-order valence-corrected chi connectivity index (χ4v) is 4.66. The third kappa shape index (κ3) is 7.30. The van der Waals surface area contributed by atoms with Crippen LogP contribution >= 0.6 is 0 Å². The number of benzene rings is 2. The maximum Gasteiger partial charge on any atom is 0.241 e. The van der Waals surface area contributed by atoms with Crippen LogP contribution < -0.4 is 14.8 Å². The molecule has 1 heterocycles. The summed E-state index contributed by atoms with van der Waals surface area (Å²) in [7, 11) is -3.90. The molecule has 0 spiro atoms. The van der Waals surface area contributed by atoms with Crippen LogP contribution in [0.2, 0.25) is 0 Å². The number of nitrogens with zero attached hydrogens (tertiary/aromatic N) is 1.